The standard InChI is InChI=1S/C27H33N5O5S3/c1-17-8-6-11-20(32-25(33)29-13-12-28)23(17)18-9-7-10-19(14-18)40(35,36)21-15-22(39-24(21)38-5)30-16-31-26(34)37-27(2,3)4/h6-11,14-16H,12-13,28H2,1-5H3,(H2,29,32,33)(H,30,31,34). The van der Waals surface area contributed by atoms with Gasteiger partial charge in [-0.05, 0) is 69.3 Å². The summed E-state index contributed by atoms with van der Waals surface area (Å²) in [5, 5.41) is 8.32. The van der Waals surface area contributed by atoms with E-state index in [2.05, 4.69) is 20.9 Å². The molecule has 3 rings (SSSR count). The number of benzene rings is 2. The Labute approximate surface area is 242 Å². The molecule has 13 heteroatoms. The van der Waals surface area contributed by atoms with Crippen molar-refractivity contribution in [3.8, 4) is 11.1 Å². The Kier molecular flexibility index (Phi) is 10.4. The summed E-state index contributed by atoms with van der Waals surface area (Å²) >= 11 is 2.49. The van der Waals surface area contributed by atoms with Gasteiger partial charge in [-0.2, -0.15) is 0 Å². The van der Waals surface area contributed by atoms with Crippen LogP contribution in [0, 0.1) is 6.92 Å². The minimum absolute atomic E-state index is 0.0993. The van der Waals surface area contributed by atoms with E-state index in [4.69, 9.17) is 10.5 Å². The van der Waals surface area contributed by atoms with Gasteiger partial charge in [0.15, 0.2) is 0 Å². The second-order valence-corrected chi connectivity index (χ2v) is 13.6. The van der Waals surface area contributed by atoms with Crippen molar-refractivity contribution in [2.75, 3.05) is 24.7 Å². The lowest BCUT2D eigenvalue weighted by Crippen LogP contribution is -2.33. The molecule has 2 aromatic carbocycles. The predicted molar refractivity (Wildman–Crippen MR) is 162 cm³/mol. The molecule has 40 heavy (non-hydrogen) atoms. The van der Waals surface area contributed by atoms with E-state index in [-0.39, 0.29) is 9.79 Å². The molecule has 0 bridgehead atoms. The van der Waals surface area contributed by atoms with Crippen molar-refractivity contribution in [2.45, 2.75) is 47.3 Å². The number of carbonyl (C=O) groups is 2. The van der Waals surface area contributed by atoms with Crippen LogP contribution in [0.15, 0.2) is 67.5 Å². The van der Waals surface area contributed by atoms with Crippen LogP contribution in [0.2, 0.25) is 0 Å². The van der Waals surface area contributed by atoms with Gasteiger partial charge >= 0.3 is 12.1 Å². The number of sulfone groups is 1. The maximum Gasteiger partial charge on any atom is 0.412 e. The van der Waals surface area contributed by atoms with E-state index in [1.54, 1.807) is 51.3 Å². The summed E-state index contributed by atoms with van der Waals surface area (Å²) in [4.78, 5) is 28.6. The normalized spacial score (nSPS) is 11.8. The Balaban J connectivity index is 1.93. The highest BCUT2D eigenvalue weighted by Crippen LogP contribution is 2.41. The zero-order valence-corrected chi connectivity index (χ0v) is 25.4. The first-order chi connectivity index (χ1) is 18.9. The molecule has 1 heterocycles. The Morgan fingerprint density at radius 3 is 2.55 bits per heavy atom. The van der Waals surface area contributed by atoms with Crippen molar-refractivity contribution in [1.82, 2.24) is 10.6 Å². The summed E-state index contributed by atoms with van der Waals surface area (Å²) in [5.41, 5.74) is 7.55. The van der Waals surface area contributed by atoms with E-state index in [9.17, 15) is 18.0 Å². The molecule has 0 aliphatic heterocycles. The SMILES string of the molecule is CSc1sc(/N=C/NC(=O)OC(C)(C)C)cc1S(=O)(=O)c1cccc(-c2c(C)cccc2NC(=O)NCCN)c1. The van der Waals surface area contributed by atoms with Crippen LogP contribution in [0.5, 0.6) is 0 Å². The molecule has 0 unspecified atom stereocenters. The number of nitrogens with zero attached hydrogens (tertiary/aromatic N) is 1. The molecule has 1 aromatic heterocycles. The summed E-state index contributed by atoms with van der Waals surface area (Å²) in [6.45, 7) is 7.76. The fraction of sp³-hybridized carbons (Fsp3) is 0.296. The first kappa shape index (κ1) is 31.1. The lowest BCUT2D eigenvalue weighted by atomic mass is 9.98. The molecule has 0 fully saturated rings. The van der Waals surface area contributed by atoms with E-state index >= 15 is 0 Å². The van der Waals surface area contributed by atoms with E-state index < -0.39 is 27.6 Å². The molecule has 0 saturated heterocycles. The van der Waals surface area contributed by atoms with Crippen LogP contribution in [0.1, 0.15) is 26.3 Å². The number of anilines is 1. The topological polar surface area (TPSA) is 152 Å². The number of alkyl carbamates (subject to hydrolysis) is 1. The maximum absolute atomic E-state index is 13.8. The van der Waals surface area contributed by atoms with Crippen molar-refractivity contribution < 1.29 is 22.7 Å². The molecular formula is C27H33N5O5S3. The number of rotatable bonds is 9. The molecule has 10 nitrogen and oxygen atoms in total. The number of aliphatic imine (C=N–C) groups is 1. The molecule has 3 aromatic rings. The third-order valence-electron chi connectivity index (χ3n) is 5.28. The van der Waals surface area contributed by atoms with E-state index in [1.165, 1.54) is 41.6 Å². The monoisotopic (exact) mass is 603 g/mol. The fourth-order valence-corrected chi connectivity index (χ4v) is 7.52. The summed E-state index contributed by atoms with van der Waals surface area (Å²) in [6.07, 6.45) is 2.30. The number of urea groups is 1. The van der Waals surface area contributed by atoms with Crippen LogP contribution < -0.4 is 21.7 Å². The number of ether oxygens (including phenoxy) is 1. The summed E-state index contributed by atoms with van der Waals surface area (Å²) in [5.74, 6) is 0. The van der Waals surface area contributed by atoms with Crippen molar-refractivity contribution in [3.63, 3.8) is 0 Å². The minimum atomic E-state index is -3.93. The lowest BCUT2D eigenvalue weighted by Gasteiger charge is -2.18. The highest BCUT2D eigenvalue weighted by Gasteiger charge is 2.25. The number of thiophene rings is 1. The molecule has 0 radical (unpaired) electrons. The number of amides is 3. The molecule has 214 valence electrons. The zero-order valence-electron chi connectivity index (χ0n) is 22.9. The molecule has 0 atom stereocenters. The number of aryl methyl sites for hydroxylation is 1. The molecule has 3 amide bonds. The highest BCUT2D eigenvalue weighted by molar-refractivity contribution is 8.01. The van der Waals surface area contributed by atoms with E-state index in [1.807, 2.05) is 19.1 Å². The van der Waals surface area contributed by atoms with Gasteiger partial charge in [0.25, 0.3) is 0 Å². The van der Waals surface area contributed by atoms with Gasteiger partial charge in [0.05, 0.1) is 26.0 Å². The first-order valence-electron chi connectivity index (χ1n) is 12.3. The molecular weight excluding hydrogens is 571 g/mol. The van der Waals surface area contributed by atoms with Crippen LogP contribution in [-0.2, 0) is 14.6 Å². The summed E-state index contributed by atoms with van der Waals surface area (Å²) < 4.78 is 33.3. The Bertz CT molecular complexity index is 1510. The van der Waals surface area contributed by atoms with Gasteiger partial charge in [-0.1, -0.05) is 24.3 Å². The average molecular weight is 604 g/mol. The summed E-state index contributed by atoms with van der Waals surface area (Å²) in [7, 11) is -3.93. The van der Waals surface area contributed by atoms with Crippen LogP contribution in [0.25, 0.3) is 11.1 Å². The van der Waals surface area contributed by atoms with Gasteiger partial charge in [-0.15, -0.1) is 23.1 Å². The van der Waals surface area contributed by atoms with Crippen LogP contribution in [0.4, 0.5) is 20.3 Å². The minimum Gasteiger partial charge on any atom is -0.444 e. The van der Waals surface area contributed by atoms with Gasteiger partial charge in [-0.25, -0.2) is 23.0 Å². The van der Waals surface area contributed by atoms with Crippen LogP contribution in [-0.4, -0.2) is 51.8 Å². The quantitative estimate of drug-likeness (QED) is 0.142. The van der Waals surface area contributed by atoms with Gasteiger partial charge in [0.1, 0.15) is 10.6 Å². The van der Waals surface area contributed by atoms with Gasteiger partial charge < -0.3 is 21.1 Å². The van der Waals surface area contributed by atoms with Crippen LogP contribution in [0.3, 0.4) is 0 Å². The number of hydrogen-bond donors (Lipinski definition) is 4. The van der Waals surface area contributed by atoms with Crippen LogP contribution >= 0.6 is 23.1 Å². The Hall–Kier alpha value is -3.39. The highest BCUT2D eigenvalue weighted by atomic mass is 32.2. The number of nitrogens with one attached hydrogen (secondary N) is 3. The predicted octanol–water partition coefficient (Wildman–Crippen LogP) is 5.54. The number of thioether (sulfide) groups is 1. The lowest BCUT2D eigenvalue weighted by molar-refractivity contribution is 0.0565. The van der Waals surface area contributed by atoms with E-state index in [0.29, 0.717) is 39.1 Å². The average Bonchev–Trinajstić information content (AvgIpc) is 3.31. The second kappa shape index (κ2) is 13.3. The third-order valence-corrected chi connectivity index (χ3v) is 9.50. The van der Waals surface area contributed by atoms with Gasteiger partial charge in [-0.3, -0.25) is 5.32 Å². The zero-order chi connectivity index (χ0) is 29.5. The molecule has 5 N–H and O–H groups in total. The number of nitrogens with two attached hydrogens (primary N) is 1. The van der Waals surface area contributed by atoms with Crippen molar-refractivity contribution >= 4 is 62.1 Å². The van der Waals surface area contributed by atoms with Gasteiger partial charge in [0, 0.05) is 18.7 Å². The number of hydrogen-bond acceptors (Lipinski definition) is 9. The Morgan fingerprint density at radius 2 is 1.88 bits per heavy atom. The summed E-state index contributed by atoms with van der Waals surface area (Å²) in [6, 6.07) is 13.1. The fourth-order valence-electron chi connectivity index (χ4n) is 3.65. The molecule has 0 spiro atoms. The van der Waals surface area contributed by atoms with Crippen molar-refractivity contribution in [2.24, 2.45) is 10.7 Å². The first-order valence-corrected chi connectivity index (χ1v) is 15.8. The smallest absolute Gasteiger partial charge is 0.412 e. The molecule has 0 aliphatic carbocycles. The van der Waals surface area contributed by atoms with Crippen molar-refractivity contribution in [3.05, 3.63) is 54.1 Å². The van der Waals surface area contributed by atoms with Gasteiger partial charge in [0.2, 0.25) is 9.84 Å². The molecule has 0 aliphatic rings. The third kappa shape index (κ3) is 8.07. The van der Waals surface area contributed by atoms with E-state index in [0.717, 1.165) is 5.56 Å². The second-order valence-electron chi connectivity index (χ2n) is 9.54. The Morgan fingerprint density at radius 1 is 1.15 bits per heavy atom. The maximum atomic E-state index is 13.8. The number of carbonyl (C=O) groups excluding carboxylic acids is 2. The van der Waals surface area contributed by atoms with Crippen molar-refractivity contribution in [1.29, 1.82) is 0 Å². The molecule has 0 saturated carbocycles. The largest absolute Gasteiger partial charge is 0.444 e.